The molecule has 0 radical (unpaired) electrons. The summed E-state index contributed by atoms with van der Waals surface area (Å²) in [5.74, 6) is -0.255. The van der Waals surface area contributed by atoms with Gasteiger partial charge in [-0.05, 0) is 62.4 Å². The number of amides is 2. The summed E-state index contributed by atoms with van der Waals surface area (Å²) in [6.45, 7) is 6.30. The van der Waals surface area contributed by atoms with Crippen molar-refractivity contribution in [3.8, 4) is 5.75 Å². The molecular formula is C33H38N2O6. The van der Waals surface area contributed by atoms with Gasteiger partial charge in [0.15, 0.2) is 0 Å². The first-order valence-corrected chi connectivity index (χ1v) is 13.9. The summed E-state index contributed by atoms with van der Waals surface area (Å²) in [4.78, 5) is 40.8. The van der Waals surface area contributed by atoms with E-state index in [2.05, 4.69) is 5.32 Å². The van der Waals surface area contributed by atoms with Gasteiger partial charge < -0.3 is 19.5 Å². The van der Waals surface area contributed by atoms with E-state index in [1.165, 1.54) is 4.90 Å². The van der Waals surface area contributed by atoms with Crippen LogP contribution in [0.1, 0.15) is 50.3 Å². The number of nitrogens with one attached hydrogen (secondary N) is 1. The number of ether oxygens (including phenoxy) is 3. The summed E-state index contributed by atoms with van der Waals surface area (Å²) in [6, 6.07) is 25.0. The number of nitrogens with zero attached hydrogens (tertiary/aromatic N) is 1. The molecule has 3 aromatic rings. The number of benzene rings is 3. The maximum Gasteiger partial charge on any atom is 0.410 e. The van der Waals surface area contributed by atoms with Crippen LogP contribution >= 0.6 is 0 Å². The lowest BCUT2D eigenvalue weighted by Crippen LogP contribution is -2.52. The molecule has 2 amide bonds. The molecule has 3 aromatic carbocycles. The number of rotatable bonds is 10. The highest BCUT2D eigenvalue weighted by Gasteiger charge is 2.38. The zero-order chi connectivity index (χ0) is 29.2. The first-order valence-electron chi connectivity index (χ1n) is 13.9. The summed E-state index contributed by atoms with van der Waals surface area (Å²) in [6.07, 6.45) is 0.844. The minimum atomic E-state index is -0.941. The molecule has 4 rings (SSSR count). The largest absolute Gasteiger partial charge is 0.489 e. The van der Waals surface area contributed by atoms with Crippen molar-refractivity contribution < 1.29 is 28.6 Å². The average molecular weight is 559 g/mol. The zero-order valence-electron chi connectivity index (χ0n) is 23.9. The van der Waals surface area contributed by atoms with Crippen LogP contribution < -0.4 is 10.1 Å². The van der Waals surface area contributed by atoms with Gasteiger partial charge in [-0.15, -0.1) is 0 Å². The Morgan fingerprint density at radius 2 is 1.46 bits per heavy atom. The molecule has 0 spiro atoms. The third-order valence-corrected chi connectivity index (χ3v) is 6.62. The quantitative estimate of drug-likeness (QED) is 0.333. The molecule has 0 unspecified atom stereocenters. The number of esters is 1. The Hall–Kier alpha value is -4.33. The Morgan fingerprint density at radius 1 is 0.854 bits per heavy atom. The lowest BCUT2D eigenvalue weighted by Gasteiger charge is -2.29. The Bertz CT molecular complexity index is 1290. The Kier molecular flexibility index (Phi) is 10.0. The first kappa shape index (κ1) is 29.6. The van der Waals surface area contributed by atoms with Gasteiger partial charge in [-0.3, -0.25) is 9.69 Å². The van der Waals surface area contributed by atoms with Gasteiger partial charge in [0.2, 0.25) is 5.91 Å². The molecule has 1 aliphatic heterocycles. The number of likely N-dealkylation sites (tertiary alicyclic amines) is 1. The Balaban J connectivity index is 1.43. The fourth-order valence-electron chi connectivity index (χ4n) is 4.57. The van der Waals surface area contributed by atoms with Crippen LogP contribution in [0.3, 0.4) is 0 Å². The van der Waals surface area contributed by atoms with E-state index in [9.17, 15) is 14.4 Å². The van der Waals surface area contributed by atoms with Crippen LogP contribution in [0.15, 0.2) is 84.9 Å². The first-order chi connectivity index (χ1) is 19.7. The molecule has 1 fully saturated rings. The van der Waals surface area contributed by atoms with Crippen LogP contribution in [0.2, 0.25) is 0 Å². The van der Waals surface area contributed by atoms with Crippen molar-refractivity contribution in [1.29, 1.82) is 0 Å². The SMILES string of the molecule is CC(C)(C)OC(=O)N1CCC[C@H]1C(=O)N[C@@H](Cc1ccc(OCc2ccccc2)cc1)C(=O)OCc1ccccc1. The van der Waals surface area contributed by atoms with Crippen molar-refractivity contribution >= 4 is 18.0 Å². The number of hydrogen-bond donors (Lipinski definition) is 1. The fourth-order valence-corrected chi connectivity index (χ4v) is 4.57. The van der Waals surface area contributed by atoms with Crippen molar-refractivity contribution in [3.63, 3.8) is 0 Å². The summed E-state index contributed by atoms with van der Waals surface area (Å²) in [5, 5.41) is 2.86. The predicted molar refractivity (Wildman–Crippen MR) is 155 cm³/mol. The second-order valence-corrected chi connectivity index (χ2v) is 11.1. The molecule has 216 valence electrons. The fraction of sp³-hybridized carbons (Fsp3) is 0.364. The minimum Gasteiger partial charge on any atom is -0.489 e. The van der Waals surface area contributed by atoms with Gasteiger partial charge in [-0.1, -0.05) is 72.8 Å². The standard InChI is InChI=1S/C33H38N2O6/c1-33(2,3)41-32(38)35-20-10-15-29(35)30(36)34-28(31(37)40-23-26-13-8-5-9-14-26)21-24-16-18-27(19-17-24)39-22-25-11-6-4-7-12-25/h4-9,11-14,16-19,28-29H,10,15,20-23H2,1-3H3,(H,34,36)/t28-,29-/m0/s1. The molecule has 1 saturated heterocycles. The number of carbonyl (C=O) groups is 3. The van der Waals surface area contributed by atoms with Crippen molar-refractivity contribution in [1.82, 2.24) is 10.2 Å². The summed E-state index contributed by atoms with van der Waals surface area (Å²) in [5.41, 5.74) is 2.06. The lowest BCUT2D eigenvalue weighted by atomic mass is 10.0. The molecular weight excluding hydrogens is 520 g/mol. The van der Waals surface area contributed by atoms with Crippen LogP contribution in [0.5, 0.6) is 5.75 Å². The van der Waals surface area contributed by atoms with E-state index in [1.54, 1.807) is 20.8 Å². The van der Waals surface area contributed by atoms with Gasteiger partial charge in [-0.25, -0.2) is 9.59 Å². The molecule has 1 heterocycles. The van der Waals surface area contributed by atoms with Gasteiger partial charge in [-0.2, -0.15) is 0 Å². The Morgan fingerprint density at radius 3 is 2.07 bits per heavy atom. The second-order valence-electron chi connectivity index (χ2n) is 11.1. The van der Waals surface area contributed by atoms with Crippen LogP contribution in [0.25, 0.3) is 0 Å². The minimum absolute atomic E-state index is 0.0891. The molecule has 0 bridgehead atoms. The van der Waals surface area contributed by atoms with Crippen LogP contribution in [-0.4, -0.2) is 47.1 Å². The van der Waals surface area contributed by atoms with Crippen molar-refractivity contribution in [2.75, 3.05) is 6.54 Å². The third-order valence-electron chi connectivity index (χ3n) is 6.62. The molecule has 0 saturated carbocycles. The average Bonchev–Trinajstić information content (AvgIpc) is 3.46. The predicted octanol–water partition coefficient (Wildman–Crippen LogP) is 5.44. The highest BCUT2D eigenvalue weighted by Crippen LogP contribution is 2.22. The second kappa shape index (κ2) is 13.8. The van der Waals surface area contributed by atoms with Gasteiger partial charge in [0.25, 0.3) is 0 Å². The van der Waals surface area contributed by atoms with E-state index in [4.69, 9.17) is 14.2 Å². The van der Waals surface area contributed by atoms with Gasteiger partial charge in [0.1, 0.15) is 36.6 Å². The molecule has 1 N–H and O–H groups in total. The normalized spacial score (nSPS) is 15.6. The van der Waals surface area contributed by atoms with Crippen molar-refractivity contribution in [2.24, 2.45) is 0 Å². The molecule has 0 aliphatic carbocycles. The number of carbonyl (C=O) groups excluding carboxylic acids is 3. The van der Waals surface area contributed by atoms with E-state index < -0.39 is 35.7 Å². The van der Waals surface area contributed by atoms with E-state index >= 15 is 0 Å². The van der Waals surface area contributed by atoms with Crippen LogP contribution in [0, 0.1) is 0 Å². The molecule has 1 aliphatic rings. The van der Waals surface area contributed by atoms with Gasteiger partial charge >= 0.3 is 12.1 Å². The third kappa shape index (κ3) is 9.10. The molecule has 8 heteroatoms. The maximum atomic E-state index is 13.4. The summed E-state index contributed by atoms with van der Waals surface area (Å²) in [7, 11) is 0. The van der Waals surface area contributed by atoms with E-state index in [1.807, 2.05) is 84.9 Å². The van der Waals surface area contributed by atoms with E-state index in [-0.39, 0.29) is 13.0 Å². The van der Waals surface area contributed by atoms with E-state index in [0.717, 1.165) is 16.7 Å². The molecule has 0 aromatic heterocycles. The van der Waals surface area contributed by atoms with Crippen molar-refractivity contribution in [2.45, 2.75) is 70.9 Å². The molecule has 41 heavy (non-hydrogen) atoms. The molecule has 2 atom stereocenters. The monoisotopic (exact) mass is 558 g/mol. The zero-order valence-corrected chi connectivity index (χ0v) is 23.9. The number of hydrogen-bond acceptors (Lipinski definition) is 6. The Labute approximate surface area is 241 Å². The molecule has 8 nitrogen and oxygen atoms in total. The summed E-state index contributed by atoms with van der Waals surface area (Å²) >= 11 is 0. The van der Waals surface area contributed by atoms with E-state index in [0.29, 0.717) is 31.7 Å². The lowest BCUT2D eigenvalue weighted by molar-refractivity contribution is -0.149. The van der Waals surface area contributed by atoms with Gasteiger partial charge in [0.05, 0.1) is 0 Å². The highest BCUT2D eigenvalue weighted by molar-refractivity contribution is 5.90. The van der Waals surface area contributed by atoms with Gasteiger partial charge in [0, 0.05) is 13.0 Å². The topological polar surface area (TPSA) is 94.2 Å². The van der Waals surface area contributed by atoms with Crippen LogP contribution in [-0.2, 0) is 38.7 Å². The van der Waals surface area contributed by atoms with Crippen molar-refractivity contribution in [3.05, 3.63) is 102 Å². The maximum absolute atomic E-state index is 13.4. The summed E-state index contributed by atoms with van der Waals surface area (Å²) < 4.78 is 17.0. The van der Waals surface area contributed by atoms with Crippen LogP contribution in [0.4, 0.5) is 4.79 Å². The smallest absolute Gasteiger partial charge is 0.410 e. The highest BCUT2D eigenvalue weighted by atomic mass is 16.6.